The number of terminal acetylenes is 1. The van der Waals surface area contributed by atoms with Crippen LogP contribution in [0.25, 0.3) is 0 Å². The van der Waals surface area contributed by atoms with E-state index in [1.165, 1.54) is 4.90 Å². The van der Waals surface area contributed by atoms with Gasteiger partial charge in [0.25, 0.3) is 11.6 Å². The van der Waals surface area contributed by atoms with Crippen LogP contribution >= 0.6 is 0 Å². The van der Waals surface area contributed by atoms with Gasteiger partial charge in [0.05, 0.1) is 23.1 Å². The van der Waals surface area contributed by atoms with Crippen molar-refractivity contribution in [1.29, 1.82) is 0 Å². The quantitative estimate of drug-likeness (QED) is 0.465. The Hall–Kier alpha value is -2.42. The van der Waals surface area contributed by atoms with E-state index in [4.69, 9.17) is 6.42 Å². The van der Waals surface area contributed by atoms with Gasteiger partial charge in [0.15, 0.2) is 0 Å². The van der Waals surface area contributed by atoms with E-state index in [0.717, 1.165) is 18.2 Å². The lowest BCUT2D eigenvalue weighted by atomic mass is 10.1. The van der Waals surface area contributed by atoms with Gasteiger partial charge in [-0.05, 0) is 13.0 Å². The highest BCUT2D eigenvalue weighted by molar-refractivity contribution is 5.94. The van der Waals surface area contributed by atoms with Gasteiger partial charge in [-0.3, -0.25) is 14.9 Å². The third-order valence-corrected chi connectivity index (χ3v) is 2.34. The molecule has 0 N–H and O–H groups in total. The highest BCUT2D eigenvalue weighted by atomic mass is 19.1. The number of hydrogen-bond donors (Lipinski definition) is 0. The summed E-state index contributed by atoms with van der Waals surface area (Å²) >= 11 is 0. The summed E-state index contributed by atoms with van der Waals surface area (Å²) in [5.74, 6) is 0.786. The number of amides is 1. The lowest BCUT2D eigenvalue weighted by Crippen LogP contribution is -2.31. The maximum Gasteiger partial charge on any atom is 0.272 e. The molecule has 0 fully saturated rings. The van der Waals surface area contributed by atoms with Crippen LogP contribution in [0, 0.1) is 28.3 Å². The van der Waals surface area contributed by atoms with E-state index in [1.54, 1.807) is 6.92 Å². The van der Waals surface area contributed by atoms with Crippen molar-refractivity contribution in [2.75, 3.05) is 13.1 Å². The molecule has 1 aromatic carbocycles. The number of benzene rings is 1. The molecule has 0 saturated heterocycles. The summed E-state index contributed by atoms with van der Waals surface area (Å²) in [6.45, 7) is 2.10. The minimum atomic E-state index is -0.926. The Labute approximate surface area is 103 Å². The number of carbonyl (C=O) groups excluding carboxylic acids is 1. The Morgan fingerprint density at radius 3 is 2.72 bits per heavy atom. The molecule has 0 aliphatic rings. The summed E-state index contributed by atoms with van der Waals surface area (Å²) in [5, 5.41) is 10.4. The molecule has 1 aromatic rings. The highest BCUT2D eigenvalue weighted by Gasteiger charge is 2.19. The van der Waals surface area contributed by atoms with Gasteiger partial charge in [-0.15, -0.1) is 6.42 Å². The second kappa shape index (κ2) is 5.77. The van der Waals surface area contributed by atoms with Crippen molar-refractivity contribution in [3.05, 3.63) is 39.7 Å². The smallest absolute Gasteiger partial charge is 0.272 e. The molecule has 94 valence electrons. The maximum atomic E-state index is 13.6. The van der Waals surface area contributed by atoms with Gasteiger partial charge in [-0.25, -0.2) is 4.39 Å². The third kappa shape index (κ3) is 2.83. The molecule has 1 rings (SSSR count). The van der Waals surface area contributed by atoms with Gasteiger partial charge in [0.2, 0.25) is 0 Å². The van der Waals surface area contributed by atoms with Gasteiger partial charge in [0.1, 0.15) is 5.82 Å². The Morgan fingerprint density at radius 1 is 1.61 bits per heavy atom. The van der Waals surface area contributed by atoms with E-state index in [9.17, 15) is 19.3 Å². The summed E-state index contributed by atoms with van der Waals surface area (Å²) in [4.78, 5) is 22.9. The molecule has 0 spiro atoms. The van der Waals surface area contributed by atoms with Crippen molar-refractivity contribution in [3.8, 4) is 12.3 Å². The normalized spacial score (nSPS) is 9.61. The van der Waals surface area contributed by atoms with Crippen LogP contribution < -0.4 is 0 Å². The van der Waals surface area contributed by atoms with Crippen LogP contribution in [0.2, 0.25) is 0 Å². The van der Waals surface area contributed by atoms with Crippen molar-refractivity contribution in [2.24, 2.45) is 0 Å². The van der Waals surface area contributed by atoms with Crippen molar-refractivity contribution < 1.29 is 14.1 Å². The van der Waals surface area contributed by atoms with E-state index >= 15 is 0 Å². The molecule has 0 atom stereocenters. The summed E-state index contributed by atoms with van der Waals surface area (Å²) in [5.41, 5.74) is -0.623. The Kier molecular flexibility index (Phi) is 4.38. The number of hydrogen-bond acceptors (Lipinski definition) is 3. The standard InChI is InChI=1S/C12H11FN2O3/c1-3-7-14(4-2)12(16)10-6-5-9(15(17)18)8-11(10)13/h1,5-6,8H,4,7H2,2H3. The summed E-state index contributed by atoms with van der Waals surface area (Å²) in [6.07, 6.45) is 5.10. The fourth-order valence-electron chi connectivity index (χ4n) is 1.40. The average Bonchev–Trinajstić information content (AvgIpc) is 2.34. The second-order valence-electron chi connectivity index (χ2n) is 3.44. The van der Waals surface area contributed by atoms with Crippen molar-refractivity contribution in [2.45, 2.75) is 6.92 Å². The zero-order valence-electron chi connectivity index (χ0n) is 9.72. The van der Waals surface area contributed by atoms with Crippen LogP contribution in [0.5, 0.6) is 0 Å². The molecule has 0 radical (unpaired) electrons. The number of non-ortho nitro benzene ring substituents is 1. The van der Waals surface area contributed by atoms with Crippen molar-refractivity contribution >= 4 is 11.6 Å². The van der Waals surface area contributed by atoms with Gasteiger partial charge in [0, 0.05) is 12.6 Å². The van der Waals surface area contributed by atoms with Gasteiger partial charge < -0.3 is 4.90 Å². The SMILES string of the molecule is C#CCN(CC)C(=O)c1ccc([N+](=O)[O-])cc1F. The van der Waals surface area contributed by atoms with Crippen LogP contribution in [-0.4, -0.2) is 28.8 Å². The number of carbonyl (C=O) groups is 1. The first-order chi connectivity index (χ1) is 8.51. The largest absolute Gasteiger partial charge is 0.328 e. The molecule has 18 heavy (non-hydrogen) atoms. The monoisotopic (exact) mass is 250 g/mol. The average molecular weight is 250 g/mol. The molecule has 0 unspecified atom stereocenters. The summed E-state index contributed by atoms with van der Waals surface area (Å²) < 4.78 is 13.6. The van der Waals surface area contributed by atoms with Gasteiger partial charge in [-0.2, -0.15) is 0 Å². The first-order valence-electron chi connectivity index (χ1n) is 5.18. The number of rotatable bonds is 4. The Bertz CT molecular complexity index is 523. The van der Waals surface area contributed by atoms with Crippen LogP contribution in [-0.2, 0) is 0 Å². The first kappa shape index (κ1) is 13.6. The summed E-state index contributed by atoms with van der Waals surface area (Å²) in [7, 11) is 0. The van der Waals surface area contributed by atoms with Crippen LogP contribution in [0.1, 0.15) is 17.3 Å². The molecule has 1 amide bonds. The van der Waals surface area contributed by atoms with Gasteiger partial charge >= 0.3 is 0 Å². The molecular formula is C12H11FN2O3. The first-order valence-corrected chi connectivity index (χ1v) is 5.18. The number of nitro benzene ring substituents is 1. The Morgan fingerprint density at radius 2 is 2.28 bits per heavy atom. The molecule has 0 aromatic heterocycles. The third-order valence-electron chi connectivity index (χ3n) is 2.34. The fraction of sp³-hybridized carbons (Fsp3) is 0.250. The van der Waals surface area contributed by atoms with E-state index < -0.39 is 22.3 Å². The molecule has 0 bridgehead atoms. The molecule has 0 aliphatic heterocycles. The highest BCUT2D eigenvalue weighted by Crippen LogP contribution is 2.17. The van der Waals surface area contributed by atoms with Crippen LogP contribution in [0.3, 0.4) is 0 Å². The van der Waals surface area contributed by atoms with E-state index in [2.05, 4.69) is 5.92 Å². The molecule has 5 nitrogen and oxygen atoms in total. The number of nitro groups is 1. The van der Waals surface area contributed by atoms with Gasteiger partial charge in [-0.1, -0.05) is 5.92 Å². The van der Waals surface area contributed by atoms with E-state index in [1.807, 2.05) is 0 Å². The molecular weight excluding hydrogens is 239 g/mol. The summed E-state index contributed by atoms with van der Waals surface area (Å²) in [6, 6.07) is 2.89. The van der Waals surface area contributed by atoms with E-state index in [0.29, 0.717) is 6.54 Å². The topological polar surface area (TPSA) is 63.5 Å². The zero-order chi connectivity index (χ0) is 13.7. The molecule has 0 aliphatic carbocycles. The lowest BCUT2D eigenvalue weighted by molar-refractivity contribution is -0.385. The van der Waals surface area contributed by atoms with E-state index in [-0.39, 0.29) is 12.1 Å². The molecule has 0 heterocycles. The van der Waals surface area contributed by atoms with Crippen molar-refractivity contribution in [3.63, 3.8) is 0 Å². The van der Waals surface area contributed by atoms with Crippen LogP contribution in [0.15, 0.2) is 18.2 Å². The maximum absolute atomic E-state index is 13.6. The minimum Gasteiger partial charge on any atom is -0.328 e. The number of halogens is 1. The Balaban J connectivity index is 3.07. The predicted octanol–water partition coefficient (Wildman–Crippen LogP) is 1.83. The lowest BCUT2D eigenvalue weighted by Gasteiger charge is -2.18. The minimum absolute atomic E-state index is 0.0613. The zero-order valence-corrected chi connectivity index (χ0v) is 9.72. The predicted molar refractivity (Wildman–Crippen MR) is 63.5 cm³/mol. The fourth-order valence-corrected chi connectivity index (χ4v) is 1.40. The second-order valence-corrected chi connectivity index (χ2v) is 3.44. The molecule has 6 heteroatoms. The van der Waals surface area contributed by atoms with Crippen molar-refractivity contribution in [1.82, 2.24) is 4.90 Å². The molecule has 0 saturated carbocycles. The van der Waals surface area contributed by atoms with Crippen LogP contribution in [0.4, 0.5) is 10.1 Å². The number of nitrogens with zero attached hydrogens (tertiary/aromatic N) is 2.